The second-order valence-corrected chi connectivity index (χ2v) is 0. The normalized spacial score (nSPS) is 0. The van der Waals surface area contributed by atoms with Crippen LogP contribution in [-0.2, 0) is 50.2 Å². The van der Waals surface area contributed by atoms with Crippen molar-refractivity contribution in [3.05, 3.63) is 0 Å². The molecule has 0 spiro atoms. The minimum absolute atomic E-state index is 0. The van der Waals surface area contributed by atoms with E-state index in [4.69, 9.17) is 0 Å². The van der Waals surface area contributed by atoms with E-state index in [1.54, 1.807) is 0 Å². The molecule has 0 aliphatic carbocycles. The fourth-order valence-electron chi connectivity index (χ4n) is 0. The van der Waals surface area contributed by atoms with Gasteiger partial charge in [0.25, 0.3) is 0 Å². The summed E-state index contributed by atoms with van der Waals surface area (Å²) in [5, 5.41) is 0. The van der Waals surface area contributed by atoms with Crippen LogP contribution < -0.4 is 0 Å². The Kier molecular flexibility index (Phi) is 274. The van der Waals surface area contributed by atoms with E-state index in [9.17, 15) is 0 Å². The van der Waals surface area contributed by atoms with Gasteiger partial charge in [-0.25, -0.2) is 0 Å². The van der Waals surface area contributed by atoms with Gasteiger partial charge >= 0.3 is 149 Å². The van der Waals surface area contributed by atoms with E-state index in [-0.39, 0.29) is 218 Å². The Morgan fingerprint density at radius 3 is 1.14 bits per heavy atom. The first-order valence-electron chi connectivity index (χ1n) is 0. The molecule has 0 amide bonds. The largest absolute Gasteiger partial charge is 2.00 e. The Hall–Kier alpha value is 6.65. The van der Waals surface area contributed by atoms with E-state index in [0.717, 1.165) is 0 Å². The van der Waals surface area contributed by atoms with E-state index in [0.29, 0.717) is 0 Å². The second-order valence-electron chi connectivity index (χ2n) is 0. The van der Waals surface area contributed by atoms with Crippen molar-refractivity contribution in [3.63, 3.8) is 0 Å². The molecule has 0 saturated heterocycles. The maximum absolute atomic E-state index is 0. The van der Waals surface area contributed by atoms with Crippen LogP contribution in [-0.4, -0.2) is 159 Å². The molecule has 0 atom stereocenters. The first-order chi connectivity index (χ1) is 0. The molecule has 0 aromatic rings. The molecular weight excluding hydrogens is 750 g/mol. The Morgan fingerprint density at radius 1 is 1.14 bits per heavy atom. The Labute approximate surface area is 211 Å². The van der Waals surface area contributed by atoms with Crippen molar-refractivity contribution in [2.24, 2.45) is 0 Å². The molecule has 0 aliphatic rings. The predicted octanol–water partition coefficient (Wildman–Crippen LogP) is -0.972. The zero-order chi connectivity index (χ0) is 0. The summed E-state index contributed by atoms with van der Waals surface area (Å²) in [6, 6.07) is 0. The van der Waals surface area contributed by atoms with Gasteiger partial charge in [-0.3, -0.25) is 0 Å². The van der Waals surface area contributed by atoms with Crippen molar-refractivity contribution in [2.45, 2.75) is 0 Å². The molecule has 0 N–H and O–H groups in total. The van der Waals surface area contributed by atoms with Crippen molar-refractivity contribution in [1.82, 2.24) is 0 Å². The molecule has 0 heterocycles. The van der Waals surface area contributed by atoms with Crippen molar-refractivity contribution >= 4 is 159 Å². The van der Waals surface area contributed by atoms with Gasteiger partial charge in [-0.05, 0) is 0 Å². The summed E-state index contributed by atoms with van der Waals surface area (Å²) in [6.07, 6.45) is 0. The topological polar surface area (TPSA) is 28.5 Å². The molecule has 0 rings (SSSR count). The summed E-state index contributed by atoms with van der Waals surface area (Å²) >= 11 is 0. The summed E-state index contributed by atoms with van der Waals surface area (Å²) in [5.41, 5.74) is 0. The van der Waals surface area contributed by atoms with E-state index < -0.39 is 0 Å². The first-order valence-corrected chi connectivity index (χ1v) is 0. The van der Waals surface area contributed by atoms with Crippen LogP contribution in [0.25, 0.3) is 0 Å². The van der Waals surface area contributed by atoms with Crippen LogP contribution in [0.1, 0.15) is 8.56 Å². The molecule has 0 fully saturated rings. The average Bonchev–Trinajstić information content (AvgIpc) is 0. The molecule has 7 heavy (non-hydrogen) atoms. The van der Waals surface area contributed by atoms with Gasteiger partial charge < -0.3 is 14.0 Å². The molecule has 0 saturated carbocycles. The van der Waals surface area contributed by atoms with Gasteiger partial charge in [-0.1, -0.05) is 0 Å². The summed E-state index contributed by atoms with van der Waals surface area (Å²) < 4.78 is 0. The SMILES string of the molecule is [Ba+2].[Ca+2].[Cu+2].[H-].[H-].[H-].[H-].[H-].[H-].[Hg].[O-2].[Sr+2].[Tl]. The van der Waals surface area contributed by atoms with Crippen LogP contribution in [0.5, 0.6) is 0 Å². The van der Waals surface area contributed by atoms with Crippen molar-refractivity contribution in [1.29, 1.82) is 0 Å². The molecule has 0 aromatic heterocycles. The molecule has 0 bridgehead atoms. The summed E-state index contributed by atoms with van der Waals surface area (Å²) in [5.74, 6) is 0. The molecule has 7 heteroatoms. The summed E-state index contributed by atoms with van der Waals surface area (Å²) in [6.45, 7) is 0. The minimum Gasteiger partial charge on any atom is -2.00 e. The third kappa shape index (κ3) is 32.4. The predicted molar refractivity (Wildman–Crippen MR) is 30.4 cm³/mol. The molecule has 0 unspecified atom stereocenters. The summed E-state index contributed by atoms with van der Waals surface area (Å²) in [4.78, 5) is 0. The van der Waals surface area contributed by atoms with Crippen LogP contribution in [0.2, 0.25) is 0 Å². The van der Waals surface area contributed by atoms with Gasteiger partial charge in [0.05, 0.1) is 0 Å². The van der Waals surface area contributed by atoms with Crippen molar-refractivity contribution in [2.75, 3.05) is 0 Å². The zero-order valence-electron chi connectivity index (χ0n) is 10.1. The Balaban J connectivity index is 0. The zero-order valence-corrected chi connectivity index (χ0v) is 25.2. The van der Waals surface area contributed by atoms with E-state index in [1.807, 2.05) is 0 Å². The smallest absolute Gasteiger partial charge is 2.00 e. The molecule has 0 aromatic carbocycles. The average molecular weight is 756 g/mol. The quantitative estimate of drug-likeness (QED) is 0.285. The molecule has 34 valence electrons. The van der Waals surface area contributed by atoms with Crippen molar-refractivity contribution < 1.29 is 58.8 Å². The van der Waals surface area contributed by atoms with Gasteiger partial charge in [0.2, 0.25) is 0 Å². The minimum atomic E-state index is 0. The third-order valence-electron chi connectivity index (χ3n) is 0. The van der Waals surface area contributed by atoms with Gasteiger partial charge in [0.1, 0.15) is 0 Å². The maximum atomic E-state index is 0. The molecular formula is H6BaCaCuHgOSrTl. The monoisotopic (exact) mass is 758 g/mol. The summed E-state index contributed by atoms with van der Waals surface area (Å²) in [7, 11) is 0. The number of hydrogen-bond donors (Lipinski definition) is 0. The fraction of sp³-hybridized carbons (Fsp3) is 0. The maximum Gasteiger partial charge on any atom is 2.00 e. The molecule has 2 radical (unpaired) electrons. The first kappa shape index (κ1) is 49.4. The van der Waals surface area contributed by atoms with E-state index in [2.05, 4.69) is 0 Å². The third-order valence-corrected chi connectivity index (χ3v) is 0. The van der Waals surface area contributed by atoms with E-state index >= 15 is 0 Å². The number of hydrogen-bond acceptors (Lipinski definition) is 0. The number of rotatable bonds is 0. The van der Waals surface area contributed by atoms with Gasteiger partial charge in [0.15, 0.2) is 0 Å². The van der Waals surface area contributed by atoms with Crippen LogP contribution in [0.3, 0.4) is 0 Å². The van der Waals surface area contributed by atoms with Crippen LogP contribution in [0.15, 0.2) is 0 Å². The molecule has 0 aliphatic heterocycles. The van der Waals surface area contributed by atoms with Gasteiger partial charge in [0, 0.05) is 55.0 Å². The van der Waals surface area contributed by atoms with Crippen LogP contribution in [0, 0.1) is 0 Å². The van der Waals surface area contributed by atoms with Crippen LogP contribution in [0.4, 0.5) is 0 Å². The van der Waals surface area contributed by atoms with E-state index in [1.165, 1.54) is 0 Å². The molecule has 1 nitrogen and oxygen atoms in total. The van der Waals surface area contributed by atoms with Gasteiger partial charge in [-0.15, -0.1) is 0 Å². The Morgan fingerprint density at radius 2 is 1.14 bits per heavy atom. The second kappa shape index (κ2) is 38.8. The fourth-order valence-corrected chi connectivity index (χ4v) is 0. The van der Waals surface area contributed by atoms with Crippen molar-refractivity contribution in [3.8, 4) is 0 Å². The standard InChI is InChI=1S/Ba.Ca.Cu.Hg.O.Sr.Tl.6H/q3*+2;;-2;+2;;6*-1. The van der Waals surface area contributed by atoms with Crippen LogP contribution >= 0.6 is 0 Å². The Bertz CT molecular complexity index is 32.6. The van der Waals surface area contributed by atoms with Gasteiger partial charge in [-0.2, -0.15) is 0 Å².